The summed E-state index contributed by atoms with van der Waals surface area (Å²) in [7, 11) is 0. The van der Waals surface area contributed by atoms with Gasteiger partial charge in [0.2, 0.25) is 11.8 Å². The van der Waals surface area contributed by atoms with Gasteiger partial charge in [-0.2, -0.15) is 5.10 Å². The number of likely N-dealkylation sites (tertiary alicyclic amines) is 2. The van der Waals surface area contributed by atoms with Crippen molar-refractivity contribution in [2.75, 3.05) is 26.2 Å². The fraction of sp³-hybridized carbons (Fsp3) is 0.565. The second kappa shape index (κ2) is 9.87. The molecule has 0 radical (unpaired) electrons. The molecule has 0 saturated carbocycles. The SMILES string of the molecule is O=C1CCC(C(=O)N2CCC(CCn3cccn3)CC2)CN1CCc1ccccn1. The van der Waals surface area contributed by atoms with E-state index < -0.39 is 0 Å². The number of nitrogens with zero attached hydrogens (tertiary/aromatic N) is 5. The minimum atomic E-state index is -0.0629. The summed E-state index contributed by atoms with van der Waals surface area (Å²) in [5.74, 6) is 0.983. The van der Waals surface area contributed by atoms with Crippen LogP contribution in [-0.4, -0.2) is 62.6 Å². The summed E-state index contributed by atoms with van der Waals surface area (Å²) in [6.45, 7) is 3.79. The molecule has 0 spiro atoms. The van der Waals surface area contributed by atoms with Crippen molar-refractivity contribution in [2.45, 2.75) is 45.1 Å². The quantitative estimate of drug-likeness (QED) is 0.704. The van der Waals surface area contributed by atoms with E-state index in [1.807, 2.05) is 51.1 Å². The molecular weight excluding hydrogens is 378 g/mol. The van der Waals surface area contributed by atoms with Gasteiger partial charge in [0.25, 0.3) is 0 Å². The van der Waals surface area contributed by atoms with Crippen molar-refractivity contribution in [3.63, 3.8) is 0 Å². The van der Waals surface area contributed by atoms with Gasteiger partial charge in [-0.1, -0.05) is 6.07 Å². The van der Waals surface area contributed by atoms with Crippen LogP contribution in [0.2, 0.25) is 0 Å². The van der Waals surface area contributed by atoms with E-state index in [1.54, 1.807) is 6.20 Å². The third-order valence-corrected chi connectivity index (χ3v) is 6.47. The molecule has 0 aliphatic carbocycles. The van der Waals surface area contributed by atoms with Crippen LogP contribution in [0.3, 0.4) is 0 Å². The minimum Gasteiger partial charge on any atom is -0.342 e. The molecule has 2 aromatic rings. The van der Waals surface area contributed by atoms with E-state index in [0.717, 1.165) is 51.0 Å². The van der Waals surface area contributed by atoms with Gasteiger partial charge in [0.1, 0.15) is 0 Å². The van der Waals surface area contributed by atoms with Crippen molar-refractivity contribution in [3.05, 3.63) is 48.5 Å². The Hall–Kier alpha value is -2.70. The van der Waals surface area contributed by atoms with Gasteiger partial charge in [-0.05, 0) is 49.8 Å². The van der Waals surface area contributed by atoms with E-state index in [4.69, 9.17) is 0 Å². The van der Waals surface area contributed by atoms with Gasteiger partial charge in [-0.15, -0.1) is 0 Å². The summed E-state index contributed by atoms with van der Waals surface area (Å²) in [6.07, 6.45) is 10.7. The van der Waals surface area contributed by atoms with Crippen molar-refractivity contribution in [3.8, 4) is 0 Å². The number of piperidine rings is 2. The van der Waals surface area contributed by atoms with Crippen LogP contribution in [0.5, 0.6) is 0 Å². The first-order chi connectivity index (χ1) is 14.7. The minimum absolute atomic E-state index is 0.0629. The number of hydrogen-bond acceptors (Lipinski definition) is 4. The molecule has 7 nitrogen and oxygen atoms in total. The van der Waals surface area contributed by atoms with Crippen molar-refractivity contribution in [2.24, 2.45) is 11.8 Å². The molecule has 2 saturated heterocycles. The zero-order valence-corrected chi connectivity index (χ0v) is 17.5. The van der Waals surface area contributed by atoms with E-state index in [0.29, 0.717) is 31.8 Å². The molecule has 2 aromatic heterocycles. The predicted octanol–water partition coefficient (Wildman–Crippen LogP) is 2.39. The van der Waals surface area contributed by atoms with Crippen molar-refractivity contribution in [1.82, 2.24) is 24.6 Å². The van der Waals surface area contributed by atoms with Crippen molar-refractivity contribution in [1.29, 1.82) is 0 Å². The Morgan fingerprint density at radius 1 is 1.07 bits per heavy atom. The molecule has 0 bridgehead atoms. The third-order valence-electron chi connectivity index (χ3n) is 6.47. The maximum atomic E-state index is 13.1. The number of pyridine rings is 1. The molecule has 4 heterocycles. The van der Waals surface area contributed by atoms with Crippen LogP contribution in [0.25, 0.3) is 0 Å². The average Bonchev–Trinajstić information content (AvgIpc) is 3.31. The highest BCUT2D eigenvalue weighted by Gasteiger charge is 2.34. The molecule has 2 amide bonds. The second-order valence-corrected chi connectivity index (χ2v) is 8.47. The van der Waals surface area contributed by atoms with E-state index in [2.05, 4.69) is 10.1 Å². The zero-order valence-electron chi connectivity index (χ0n) is 17.5. The summed E-state index contributed by atoms with van der Waals surface area (Å²) >= 11 is 0. The number of rotatable bonds is 7. The Balaban J connectivity index is 1.23. The molecule has 7 heteroatoms. The molecule has 160 valence electrons. The van der Waals surface area contributed by atoms with Crippen LogP contribution >= 0.6 is 0 Å². The van der Waals surface area contributed by atoms with Gasteiger partial charge in [-0.25, -0.2) is 0 Å². The topological polar surface area (TPSA) is 71.3 Å². The summed E-state index contributed by atoms with van der Waals surface area (Å²) in [4.78, 5) is 33.7. The lowest BCUT2D eigenvalue weighted by molar-refractivity contribution is -0.144. The van der Waals surface area contributed by atoms with E-state index in [9.17, 15) is 9.59 Å². The summed E-state index contributed by atoms with van der Waals surface area (Å²) in [5, 5.41) is 4.27. The van der Waals surface area contributed by atoms with Gasteiger partial charge < -0.3 is 9.80 Å². The molecule has 1 unspecified atom stereocenters. The maximum absolute atomic E-state index is 13.1. The van der Waals surface area contributed by atoms with Crippen LogP contribution < -0.4 is 0 Å². The van der Waals surface area contributed by atoms with Gasteiger partial charge >= 0.3 is 0 Å². The first-order valence-corrected chi connectivity index (χ1v) is 11.1. The van der Waals surface area contributed by atoms with Crippen molar-refractivity contribution < 1.29 is 9.59 Å². The molecule has 2 aliphatic heterocycles. The normalized spacial score (nSPS) is 20.5. The number of amides is 2. The second-order valence-electron chi connectivity index (χ2n) is 8.47. The molecule has 2 fully saturated rings. The average molecular weight is 410 g/mol. The molecule has 0 aromatic carbocycles. The number of aryl methyl sites for hydroxylation is 1. The number of aromatic nitrogens is 3. The first-order valence-electron chi connectivity index (χ1n) is 11.1. The Labute approximate surface area is 178 Å². The monoisotopic (exact) mass is 409 g/mol. The molecule has 1 atom stereocenters. The Kier molecular flexibility index (Phi) is 6.77. The summed E-state index contributed by atoms with van der Waals surface area (Å²) in [5.41, 5.74) is 0.982. The Morgan fingerprint density at radius 2 is 1.93 bits per heavy atom. The molecule has 0 N–H and O–H groups in total. The highest BCUT2D eigenvalue weighted by atomic mass is 16.2. The summed E-state index contributed by atoms with van der Waals surface area (Å²) in [6, 6.07) is 7.79. The number of carbonyl (C=O) groups excluding carboxylic acids is 2. The Morgan fingerprint density at radius 3 is 2.67 bits per heavy atom. The smallest absolute Gasteiger partial charge is 0.227 e. The van der Waals surface area contributed by atoms with Gasteiger partial charge in [0.05, 0.1) is 5.92 Å². The summed E-state index contributed by atoms with van der Waals surface area (Å²) < 4.78 is 1.98. The van der Waals surface area contributed by atoms with Gasteiger partial charge in [-0.3, -0.25) is 19.3 Å². The van der Waals surface area contributed by atoms with Gasteiger partial charge in [0, 0.05) is 69.8 Å². The molecular formula is C23H31N5O2. The van der Waals surface area contributed by atoms with E-state index in [-0.39, 0.29) is 17.7 Å². The lowest BCUT2D eigenvalue weighted by Gasteiger charge is -2.37. The maximum Gasteiger partial charge on any atom is 0.227 e. The predicted molar refractivity (Wildman–Crippen MR) is 113 cm³/mol. The standard InChI is InChI=1S/C23H31N5O2/c29-22-6-5-20(18-27(22)16-10-21-4-1-2-11-24-21)23(30)26-14-7-19(8-15-26)9-17-28-13-3-12-25-28/h1-4,11-13,19-20H,5-10,14-18H2. The number of carbonyl (C=O) groups is 2. The van der Waals surface area contributed by atoms with Gasteiger partial charge in [0.15, 0.2) is 0 Å². The third kappa shape index (κ3) is 5.26. The van der Waals surface area contributed by atoms with Crippen molar-refractivity contribution >= 4 is 11.8 Å². The lowest BCUT2D eigenvalue weighted by Crippen LogP contribution is -2.49. The van der Waals surface area contributed by atoms with Crippen LogP contribution in [0, 0.1) is 11.8 Å². The largest absolute Gasteiger partial charge is 0.342 e. The van der Waals surface area contributed by atoms with Crippen LogP contribution in [0.1, 0.15) is 37.8 Å². The fourth-order valence-electron chi connectivity index (χ4n) is 4.58. The highest BCUT2D eigenvalue weighted by molar-refractivity contribution is 5.84. The Bertz CT molecular complexity index is 815. The highest BCUT2D eigenvalue weighted by Crippen LogP contribution is 2.25. The van der Waals surface area contributed by atoms with Crippen LogP contribution in [0.4, 0.5) is 0 Å². The molecule has 4 rings (SSSR count). The molecule has 2 aliphatic rings. The lowest BCUT2D eigenvalue weighted by atomic mass is 9.91. The number of hydrogen-bond donors (Lipinski definition) is 0. The zero-order chi connectivity index (χ0) is 20.8. The first kappa shape index (κ1) is 20.6. The fourth-order valence-corrected chi connectivity index (χ4v) is 4.58. The molecule has 30 heavy (non-hydrogen) atoms. The van der Waals surface area contributed by atoms with E-state index >= 15 is 0 Å². The van der Waals surface area contributed by atoms with Crippen LogP contribution in [0.15, 0.2) is 42.9 Å². The van der Waals surface area contributed by atoms with E-state index in [1.165, 1.54) is 0 Å². The van der Waals surface area contributed by atoms with Crippen LogP contribution in [-0.2, 0) is 22.6 Å².